The molecule has 1 atom stereocenters. The minimum Gasteiger partial charge on any atom is -0.479 e. The zero-order valence-corrected chi connectivity index (χ0v) is 12.4. The smallest absolute Gasteiger partial charge is 0.338 e. The van der Waals surface area contributed by atoms with Gasteiger partial charge in [-0.05, 0) is 68.6 Å². The van der Waals surface area contributed by atoms with E-state index in [-0.39, 0.29) is 11.5 Å². The van der Waals surface area contributed by atoms with E-state index in [1.807, 2.05) is 0 Å². The van der Waals surface area contributed by atoms with Crippen LogP contribution < -0.4 is 10.8 Å². The lowest BCUT2D eigenvalue weighted by molar-refractivity contribution is -0.144. The van der Waals surface area contributed by atoms with Gasteiger partial charge in [-0.15, -0.1) is 0 Å². The second kappa shape index (κ2) is 5.48. The van der Waals surface area contributed by atoms with Crippen molar-refractivity contribution in [1.82, 2.24) is 10.8 Å². The van der Waals surface area contributed by atoms with Gasteiger partial charge in [0.05, 0.1) is 0 Å². The van der Waals surface area contributed by atoms with Gasteiger partial charge in [0.25, 0.3) is 0 Å². The normalized spacial score (nSPS) is 38.0. The quantitative estimate of drug-likeness (QED) is 0.676. The molecule has 4 aliphatic carbocycles. The van der Waals surface area contributed by atoms with Crippen LogP contribution in [0.3, 0.4) is 0 Å². The lowest BCUT2D eigenvalue weighted by Gasteiger charge is -2.59. The summed E-state index contributed by atoms with van der Waals surface area (Å²) in [7, 11) is 0. The zero-order valence-electron chi connectivity index (χ0n) is 12.4. The number of aliphatic carboxylic acids is 1. The van der Waals surface area contributed by atoms with Gasteiger partial charge in [-0.2, -0.15) is 0 Å². The highest BCUT2D eigenvalue weighted by Crippen LogP contribution is 2.61. The van der Waals surface area contributed by atoms with Gasteiger partial charge in [0.15, 0.2) is 6.61 Å². The van der Waals surface area contributed by atoms with E-state index in [4.69, 9.17) is 5.11 Å². The third-order valence-corrected chi connectivity index (χ3v) is 5.71. The average Bonchev–Trinajstić information content (AvgIpc) is 2.36. The Morgan fingerprint density at radius 3 is 2.19 bits per heavy atom. The third-order valence-electron chi connectivity index (χ3n) is 5.71. The molecule has 4 bridgehead atoms. The van der Waals surface area contributed by atoms with Crippen molar-refractivity contribution >= 4 is 12.0 Å². The van der Waals surface area contributed by atoms with Crippen LogP contribution in [0.5, 0.6) is 0 Å². The molecule has 2 amide bonds. The van der Waals surface area contributed by atoms with Gasteiger partial charge in [0.2, 0.25) is 0 Å². The number of amides is 2. The summed E-state index contributed by atoms with van der Waals surface area (Å²) < 4.78 is 0. The van der Waals surface area contributed by atoms with Crippen molar-refractivity contribution in [3.05, 3.63) is 0 Å². The van der Waals surface area contributed by atoms with E-state index in [1.54, 1.807) is 0 Å². The van der Waals surface area contributed by atoms with E-state index in [0.29, 0.717) is 0 Å². The minimum absolute atomic E-state index is 0.0966. The summed E-state index contributed by atoms with van der Waals surface area (Å²) in [5.41, 5.74) is 2.38. The summed E-state index contributed by atoms with van der Waals surface area (Å²) in [4.78, 5) is 26.7. The maximum Gasteiger partial charge on any atom is 0.338 e. The van der Waals surface area contributed by atoms with Crippen molar-refractivity contribution in [3.8, 4) is 0 Å². The number of carboxylic acid groups (broad SMARTS) is 1. The van der Waals surface area contributed by atoms with Crippen LogP contribution in [0.25, 0.3) is 0 Å². The molecule has 0 aliphatic heterocycles. The molecule has 1 unspecified atom stereocenters. The summed E-state index contributed by atoms with van der Waals surface area (Å²) in [6.07, 6.45) is 7.78. The van der Waals surface area contributed by atoms with Crippen LogP contribution >= 0.6 is 0 Å². The van der Waals surface area contributed by atoms with Crippen molar-refractivity contribution in [3.63, 3.8) is 0 Å². The number of carbonyl (C=O) groups is 2. The third kappa shape index (κ3) is 3.00. The number of rotatable bonds is 5. The topological polar surface area (TPSA) is 87.7 Å². The molecule has 3 N–H and O–H groups in total. The molecule has 4 rings (SSSR count). The van der Waals surface area contributed by atoms with Gasteiger partial charge in [0, 0.05) is 6.04 Å². The Bertz CT molecular complexity index is 402. The van der Waals surface area contributed by atoms with Gasteiger partial charge < -0.3 is 10.4 Å². The van der Waals surface area contributed by atoms with Crippen LogP contribution in [-0.4, -0.2) is 29.8 Å². The van der Waals surface area contributed by atoms with Crippen molar-refractivity contribution < 1.29 is 19.5 Å². The molecule has 0 aromatic rings. The summed E-state index contributed by atoms with van der Waals surface area (Å²) in [5, 5.41) is 11.4. The van der Waals surface area contributed by atoms with Crippen LogP contribution in [0.15, 0.2) is 0 Å². The molecule has 6 nitrogen and oxygen atoms in total. The molecule has 0 radical (unpaired) electrons. The second-order valence-electron chi connectivity index (χ2n) is 7.26. The largest absolute Gasteiger partial charge is 0.479 e. The molecule has 0 heterocycles. The number of nitrogens with one attached hydrogen (secondary N) is 2. The van der Waals surface area contributed by atoms with E-state index >= 15 is 0 Å². The van der Waals surface area contributed by atoms with Gasteiger partial charge in [0.1, 0.15) is 0 Å². The molecule has 21 heavy (non-hydrogen) atoms. The van der Waals surface area contributed by atoms with Crippen molar-refractivity contribution in [2.45, 2.75) is 51.5 Å². The SMILES string of the molecule is CC(NC(=O)NOCC(=O)O)C12CC3CC(CC(C3)C1)C2. The molecule has 0 aromatic carbocycles. The van der Waals surface area contributed by atoms with E-state index < -0.39 is 18.6 Å². The van der Waals surface area contributed by atoms with Crippen LogP contribution in [0.2, 0.25) is 0 Å². The van der Waals surface area contributed by atoms with Crippen molar-refractivity contribution in [2.75, 3.05) is 6.61 Å². The highest BCUT2D eigenvalue weighted by atomic mass is 16.7. The summed E-state index contributed by atoms with van der Waals surface area (Å²) in [6.45, 7) is 1.54. The van der Waals surface area contributed by atoms with Crippen LogP contribution in [0, 0.1) is 23.2 Å². The number of hydroxylamine groups is 1. The first-order valence-corrected chi connectivity index (χ1v) is 7.87. The second-order valence-corrected chi connectivity index (χ2v) is 7.26. The predicted molar refractivity (Wildman–Crippen MR) is 75.3 cm³/mol. The molecule has 0 spiro atoms. The highest BCUT2D eigenvalue weighted by Gasteiger charge is 2.53. The Morgan fingerprint density at radius 2 is 1.71 bits per heavy atom. The molecule has 4 fully saturated rings. The number of carboxylic acids is 1. The van der Waals surface area contributed by atoms with Crippen molar-refractivity contribution in [2.24, 2.45) is 23.2 Å². The molecule has 6 heteroatoms. The first-order chi connectivity index (χ1) is 9.97. The Morgan fingerprint density at radius 1 is 1.19 bits per heavy atom. The highest BCUT2D eigenvalue weighted by molar-refractivity contribution is 5.73. The summed E-state index contributed by atoms with van der Waals surface area (Å²) >= 11 is 0. The molecule has 4 aliphatic rings. The van der Waals surface area contributed by atoms with E-state index in [1.165, 1.54) is 38.5 Å². The molecule has 0 saturated heterocycles. The maximum atomic E-state index is 11.8. The first kappa shape index (κ1) is 14.6. The first-order valence-electron chi connectivity index (χ1n) is 7.87. The number of urea groups is 1. The Labute approximate surface area is 124 Å². The monoisotopic (exact) mass is 296 g/mol. The van der Waals surface area contributed by atoms with Crippen LogP contribution in [0.1, 0.15) is 45.4 Å². The van der Waals surface area contributed by atoms with Gasteiger partial charge >= 0.3 is 12.0 Å². The zero-order chi connectivity index (χ0) is 15.0. The van der Waals surface area contributed by atoms with Gasteiger partial charge in [-0.25, -0.2) is 15.1 Å². The molecule has 4 saturated carbocycles. The lowest BCUT2D eigenvalue weighted by atomic mass is 9.48. The van der Waals surface area contributed by atoms with Crippen LogP contribution in [-0.2, 0) is 9.63 Å². The van der Waals surface area contributed by atoms with E-state index in [9.17, 15) is 9.59 Å². The average molecular weight is 296 g/mol. The molecule has 118 valence electrons. The fourth-order valence-electron chi connectivity index (χ4n) is 5.25. The molecular formula is C15H24N2O4. The Kier molecular flexibility index (Phi) is 3.82. The van der Waals surface area contributed by atoms with Gasteiger partial charge in [-0.1, -0.05) is 0 Å². The van der Waals surface area contributed by atoms with Gasteiger partial charge in [-0.3, -0.25) is 4.84 Å². The number of hydrogen-bond acceptors (Lipinski definition) is 3. The summed E-state index contributed by atoms with van der Waals surface area (Å²) in [5.74, 6) is 1.41. The number of hydrogen-bond donors (Lipinski definition) is 3. The Hall–Kier alpha value is -1.30. The molecular weight excluding hydrogens is 272 g/mol. The Balaban J connectivity index is 1.54. The minimum atomic E-state index is -1.11. The number of carbonyl (C=O) groups excluding carboxylic acids is 1. The van der Waals surface area contributed by atoms with E-state index in [2.05, 4.69) is 22.6 Å². The molecule has 0 aromatic heterocycles. The lowest BCUT2D eigenvalue weighted by Crippen LogP contribution is -2.57. The fraction of sp³-hybridized carbons (Fsp3) is 0.867. The fourth-order valence-corrected chi connectivity index (χ4v) is 5.25. The van der Waals surface area contributed by atoms with Crippen molar-refractivity contribution in [1.29, 1.82) is 0 Å². The standard InChI is InChI=1S/C15H24N2O4/c1-9(16-14(20)17-21-8-13(18)19)15-5-10-2-11(6-15)4-12(3-10)7-15/h9-12H,2-8H2,1H3,(H,18,19)(H2,16,17,20). The maximum absolute atomic E-state index is 11.8. The predicted octanol–water partition coefficient (Wildman–Crippen LogP) is 1.91. The summed E-state index contributed by atoms with van der Waals surface area (Å²) in [6, 6.07) is -0.348. The van der Waals surface area contributed by atoms with E-state index in [0.717, 1.165) is 17.8 Å². The van der Waals surface area contributed by atoms with Crippen LogP contribution in [0.4, 0.5) is 4.79 Å².